The Kier molecular flexibility index (Phi) is 12.3. The first-order chi connectivity index (χ1) is 8.45. The molecular formula is C15H34N2. The third-order valence-electron chi connectivity index (χ3n) is 3.58. The van der Waals surface area contributed by atoms with Crippen molar-refractivity contribution in [3.8, 4) is 0 Å². The van der Waals surface area contributed by atoms with Crippen molar-refractivity contribution in [1.82, 2.24) is 10.6 Å². The third kappa shape index (κ3) is 7.77. The summed E-state index contributed by atoms with van der Waals surface area (Å²) in [6.45, 7) is 13.0. The lowest BCUT2D eigenvalue weighted by molar-refractivity contribution is 0.259. The van der Waals surface area contributed by atoms with Crippen molar-refractivity contribution in [2.45, 2.75) is 59.8 Å². The largest absolute Gasteiger partial charge is 0.317 e. The van der Waals surface area contributed by atoms with Gasteiger partial charge < -0.3 is 10.6 Å². The van der Waals surface area contributed by atoms with E-state index in [4.69, 9.17) is 0 Å². The number of hydrogen-bond donors (Lipinski definition) is 2. The minimum Gasteiger partial charge on any atom is -0.317 e. The molecule has 2 heteroatoms. The highest BCUT2D eigenvalue weighted by atomic mass is 14.9. The highest BCUT2D eigenvalue weighted by Gasteiger charge is 2.19. The summed E-state index contributed by atoms with van der Waals surface area (Å²) in [6.07, 6.45) is 7.19. The molecule has 0 radical (unpaired) electrons. The molecule has 2 saturated heterocycles. The molecule has 2 nitrogen and oxygen atoms in total. The number of nitrogens with one attached hydrogen (secondary N) is 2. The molecule has 0 atom stereocenters. The zero-order valence-corrected chi connectivity index (χ0v) is 12.5. The molecule has 0 spiro atoms. The first-order valence-corrected chi connectivity index (χ1v) is 7.86. The Hall–Kier alpha value is -0.0800. The van der Waals surface area contributed by atoms with E-state index in [1.54, 1.807) is 0 Å². The van der Waals surface area contributed by atoms with Crippen LogP contribution in [0.4, 0.5) is 0 Å². The molecule has 0 aromatic heterocycles. The van der Waals surface area contributed by atoms with Crippen LogP contribution in [0.25, 0.3) is 0 Å². The van der Waals surface area contributed by atoms with Crippen molar-refractivity contribution in [2.75, 3.05) is 26.2 Å². The molecule has 0 saturated carbocycles. The molecule has 104 valence electrons. The summed E-state index contributed by atoms with van der Waals surface area (Å²) in [7, 11) is 0. The second-order valence-electron chi connectivity index (χ2n) is 4.62. The second kappa shape index (κ2) is 12.4. The maximum atomic E-state index is 3.44. The van der Waals surface area contributed by atoms with Gasteiger partial charge in [-0.3, -0.25) is 0 Å². The van der Waals surface area contributed by atoms with Crippen molar-refractivity contribution in [3.05, 3.63) is 0 Å². The highest BCUT2D eigenvalue weighted by Crippen LogP contribution is 2.26. The minimum atomic E-state index is 1.03. The SMILES string of the molecule is C1CC(CC2CCNCC2)CCN1.CC.CC. The standard InChI is InChI=1S/C11H22N2.2C2H6/c1-5-12-6-2-10(1)9-11-3-7-13-8-4-11;2*1-2/h10-13H,1-9H2;2*1-2H3. The normalized spacial score (nSPS) is 21.9. The summed E-state index contributed by atoms with van der Waals surface area (Å²) in [6, 6.07) is 0. The fourth-order valence-electron chi connectivity index (χ4n) is 2.71. The van der Waals surface area contributed by atoms with Crippen LogP contribution < -0.4 is 10.6 Å². The van der Waals surface area contributed by atoms with E-state index in [-0.39, 0.29) is 0 Å². The van der Waals surface area contributed by atoms with Crippen LogP contribution in [0, 0.1) is 11.8 Å². The average Bonchev–Trinajstić information content (AvgIpc) is 2.45. The molecule has 0 unspecified atom stereocenters. The Bertz CT molecular complexity index is 120. The Labute approximate surface area is 109 Å². The van der Waals surface area contributed by atoms with Gasteiger partial charge in [0.05, 0.1) is 0 Å². The maximum absolute atomic E-state index is 3.44. The summed E-state index contributed by atoms with van der Waals surface area (Å²) < 4.78 is 0. The molecule has 2 aliphatic rings. The molecule has 2 N–H and O–H groups in total. The molecule has 2 fully saturated rings. The van der Waals surface area contributed by atoms with Crippen LogP contribution in [-0.2, 0) is 0 Å². The monoisotopic (exact) mass is 242 g/mol. The summed E-state index contributed by atoms with van der Waals surface area (Å²) >= 11 is 0. The van der Waals surface area contributed by atoms with Crippen LogP contribution in [0.5, 0.6) is 0 Å². The molecule has 0 aromatic carbocycles. The van der Waals surface area contributed by atoms with Gasteiger partial charge in [-0.05, 0) is 70.1 Å². The fourth-order valence-corrected chi connectivity index (χ4v) is 2.71. The Balaban J connectivity index is 0.000000581. The summed E-state index contributed by atoms with van der Waals surface area (Å²) in [5.41, 5.74) is 0. The molecule has 0 aliphatic carbocycles. The van der Waals surface area contributed by atoms with Gasteiger partial charge in [0, 0.05) is 0 Å². The van der Waals surface area contributed by atoms with Gasteiger partial charge in [0.15, 0.2) is 0 Å². The lowest BCUT2D eigenvalue weighted by Gasteiger charge is -2.29. The van der Waals surface area contributed by atoms with Gasteiger partial charge in [-0.2, -0.15) is 0 Å². The molecule has 2 aliphatic heterocycles. The topological polar surface area (TPSA) is 24.1 Å². The molecule has 2 rings (SSSR count). The van der Waals surface area contributed by atoms with Crippen molar-refractivity contribution in [2.24, 2.45) is 11.8 Å². The molecule has 2 heterocycles. The summed E-state index contributed by atoms with van der Waals surface area (Å²) in [5.74, 6) is 2.06. The summed E-state index contributed by atoms with van der Waals surface area (Å²) in [4.78, 5) is 0. The molecule has 0 aromatic rings. The van der Waals surface area contributed by atoms with Gasteiger partial charge in [-0.25, -0.2) is 0 Å². The van der Waals surface area contributed by atoms with Crippen LogP contribution in [0.1, 0.15) is 59.8 Å². The Morgan fingerprint density at radius 2 is 0.941 bits per heavy atom. The van der Waals surface area contributed by atoms with Crippen LogP contribution >= 0.6 is 0 Å². The van der Waals surface area contributed by atoms with Crippen molar-refractivity contribution in [3.63, 3.8) is 0 Å². The number of rotatable bonds is 2. The quantitative estimate of drug-likeness (QED) is 0.775. The zero-order chi connectivity index (χ0) is 12.9. The maximum Gasteiger partial charge on any atom is -0.00463 e. The van der Waals surface area contributed by atoms with E-state index in [1.807, 2.05) is 27.7 Å². The van der Waals surface area contributed by atoms with Crippen LogP contribution in [0.15, 0.2) is 0 Å². The van der Waals surface area contributed by atoms with E-state index in [2.05, 4.69) is 10.6 Å². The van der Waals surface area contributed by atoms with Crippen molar-refractivity contribution >= 4 is 0 Å². The smallest absolute Gasteiger partial charge is 0.00463 e. The molecule has 0 amide bonds. The van der Waals surface area contributed by atoms with E-state index in [0.29, 0.717) is 0 Å². The number of hydrogen-bond acceptors (Lipinski definition) is 2. The molecular weight excluding hydrogens is 208 g/mol. The Morgan fingerprint density at radius 3 is 1.24 bits per heavy atom. The van der Waals surface area contributed by atoms with E-state index < -0.39 is 0 Å². The predicted octanol–water partition coefficient (Wildman–Crippen LogP) is 3.43. The second-order valence-corrected chi connectivity index (χ2v) is 4.62. The molecule has 17 heavy (non-hydrogen) atoms. The van der Waals surface area contributed by atoms with Crippen molar-refractivity contribution < 1.29 is 0 Å². The summed E-state index contributed by atoms with van der Waals surface area (Å²) in [5, 5.41) is 6.88. The fraction of sp³-hybridized carbons (Fsp3) is 1.00. The van der Waals surface area contributed by atoms with Crippen LogP contribution in [0.3, 0.4) is 0 Å². The molecule has 0 bridgehead atoms. The van der Waals surface area contributed by atoms with Gasteiger partial charge >= 0.3 is 0 Å². The van der Waals surface area contributed by atoms with E-state index in [1.165, 1.54) is 58.3 Å². The average molecular weight is 242 g/mol. The van der Waals surface area contributed by atoms with E-state index in [0.717, 1.165) is 11.8 Å². The lowest BCUT2D eigenvalue weighted by Crippen LogP contribution is -2.32. The first-order valence-electron chi connectivity index (χ1n) is 7.86. The van der Waals surface area contributed by atoms with Gasteiger partial charge in [0.1, 0.15) is 0 Å². The Morgan fingerprint density at radius 1 is 0.647 bits per heavy atom. The van der Waals surface area contributed by atoms with Gasteiger partial charge in [-0.1, -0.05) is 27.7 Å². The van der Waals surface area contributed by atoms with E-state index >= 15 is 0 Å². The highest BCUT2D eigenvalue weighted by molar-refractivity contribution is 4.75. The third-order valence-corrected chi connectivity index (χ3v) is 3.58. The van der Waals surface area contributed by atoms with Gasteiger partial charge in [0.2, 0.25) is 0 Å². The van der Waals surface area contributed by atoms with Crippen LogP contribution in [-0.4, -0.2) is 26.2 Å². The predicted molar refractivity (Wildman–Crippen MR) is 78.5 cm³/mol. The lowest BCUT2D eigenvalue weighted by atomic mass is 9.83. The first kappa shape index (κ1) is 16.9. The van der Waals surface area contributed by atoms with Crippen molar-refractivity contribution in [1.29, 1.82) is 0 Å². The number of piperidine rings is 2. The van der Waals surface area contributed by atoms with Gasteiger partial charge in [0.25, 0.3) is 0 Å². The zero-order valence-electron chi connectivity index (χ0n) is 12.5. The van der Waals surface area contributed by atoms with E-state index in [9.17, 15) is 0 Å². The van der Waals surface area contributed by atoms with Gasteiger partial charge in [-0.15, -0.1) is 0 Å². The minimum absolute atomic E-state index is 1.03. The van der Waals surface area contributed by atoms with Crippen LogP contribution in [0.2, 0.25) is 0 Å².